The van der Waals surface area contributed by atoms with Gasteiger partial charge in [0.2, 0.25) is 0 Å². The fourth-order valence-electron chi connectivity index (χ4n) is 1.82. The summed E-state index contributed by atoms with van der Waals surface area (Å²) in [5.74, 6) is -1.80. The van der Waals surface area contributed by atoms with Gasteiger partial charge in [-0.1, -0.05) is 48.5 Å². The van der Waals surface area contributed by atoms with Gasteiger partial charge in [0, 0.05) is 11.1 Å². The standard InChI is InChI=1S/C16H13NO4/c17-14(18)10-21-16(20)13-9-5-4-8-12(13)15(19)11-6-2-1-3-7-11/h1-9H,10H2,(H2,17,18). The second-order valence-corrected chi connectivity index (χ2v) is 4.28. The number of hydrogen-bond acceptors (Lipinski definition) is 4. The first-order valence-electron chi connectivity index (χ1n) is 6.24. The molecule has 0 heterocycles. The number of ether oxygens (including phenoxy) is 1. The molecule has 2 aromatic rings. The molecule has 0 aliphatic rings. The SMILES string of the molecule is NC(=O)COC(=O)c1ccccc1C(=O)c1ccccc1. The summed E-state index contributed by atoms with van der Waals surface area (Å²) in [6.07, 6.45) is 0. The largest absolute Gasteiger partial charge is 0.452 e. The van der Waals surface area contributed by atoms with E-state index < -0.39 is 18.5 Å². The maximum absolute atomic E-state index is 12.4. The number of carbonyl (C=O) groups excluding carboxylic acids is 3. The third-order valence-electron chi connectivity index (χ3n) is 2.77. The molecule has 0 spiro atoms. The molecule has 0 saturated heterocycles. The molecular formula is C16H13NO4. The number of rotatable bonds is 5. The highest BCUT2D eigenvalue weighted by Crippen LogP contribution is 2.15. The fraction of sp³-hybridized carbons (Fsp3) is 0.0625. The molecule has 0 fully saturated rings. The first kappa shape index (κ1) is 14.5. The molecule has 0 aromatic heterocycles. The number of hydrogen-bond donors (Lipinski definition) is 1. The van der Waals surface area contributed by atoms with Crippen LogP contribution >= 0.6 is 0 Å². The molecule has 1 amide bonds. The van der Waals surface area contributed by atoms with Gasteiger partial charge >= 0.3 is 5.97 Å². The second kappa shape index (κ2) is 6.47. The monoisotopic (exact) mass is 283 g/mol. The van der Waals surface area contributed by atoms with Crippen molar-refractivity contribution in [3.63, 3.8) is 0 Å². The number of ketones is 1. The zero-order valence-corrected chi connectivity index (χ0v) is 11.1. The van der Waals surface area contributed by atoms with E-state index in [1.54, 1.807) is 42.5 Å². The lowest BCUT2D eigenvalue weighted by molar-refractivity contribution is -0.121. The minimum atomic E-state index is -0.756. The van der Waals surface area contributed by atoms with E-state index in [1.165, 1.54) is 12.1 Å². The average Bonchev–Trinajstić information content (AvgIpc) is 2.52. The van der Waals surface area contributed by atoms with Crippen LogP contribution in [0.3, 0.4) is 0 Å². The Hall–Kier alpha value is -2.95. The minimum Gasteiger partial charge on any atom is -0.452 e. The van der Waals surface area contributed by atoms with Gasteiger partial charge in [-0.2, -0.15) is 0 Å². The van der Waals surface area contributed by atoms with Crippen LogP contribution in [0.4, 0.5) is 0 Å². The van der Waals surface area contributed by atoms with E-state index in [0.29, 0.717) is 5.56 Å². The molecule has 2 aromatic carbocycles. The number of benzene rings is 2. The summed E-state index contributed by atoms with van der Waals surface area (Å²) in [5, 5.41) is 0. The molecule has 0 bridgehead atoms. The zero-order valence-electron chi connectivity index (χ0n) is 11.1. The minimum absolute atomic E-state index is 0.104. The van der Waals surface area contributed by atoms with E-state index in [1.807, 2.05) is 0 Å². The number of esters is 1. The van der Waals surface area contributed by atoms with Crippen molar-refractivity contribution in [1.82, 2.24) is 0 Å². The zero-order chi connectivity index (χ0) is 15.2. The van der Waals surface area contributed by atoms with Crippen LogP contribution in [0.2, 0.25) is 0 Å². The Morgan fingerprint density at radius 1 is 0.857 bits per heavy atom. The first-order valence-corrected chi connectivity index (χ1v) is 6.24. The van der Waals surface area contributed by atoms with Gasteiger partial charge in [0.05, 0.1) is 5.56 Å². The maximum atomic E-state index is 12.4. The van der Waals surface area contributed by atoms with Crippen molar-refractivity contribution in [2.45, 2.75) is 0 Å². The van der Waals surface area contributed by atoms with Crippen molar-refractivity contribution in [2.24, 2.45) is 5.73 Å². The normalized spacial score (nSPS) is 9.90. The van der Waals surface area contributed by atoms with Gasteiger partial charge in [0.1, 0.15) is 0 Å². The molecule has 0 radical (unpaired) electrons. The molecule has 5 nitrogen and oxygen atoms in total. The van der Waals surface area contributed by atoms with E-state index in [9.17, 15) is 14.4 Å². The average molecular weight is 283 g/mol. The van der Waals surface area contributed by atoms with Gasteiger partial charge in [0.25, 0.3) is 5.91 Å². The van der Waals surface area contributed by atoms with E-state index in [0.717, 1.165) is 0 Å². The Bertz CT molecular complexity index is 680. The Balaban J connectivity index is 2.31. The van der Waals surface area contributed by atoms with E-state index in [-0.39, 0.29) is 16.9 Å². The highest BCUT2D eigenvalue weighted by atomic mass is 16.5. The Morgan fingerprint density at radius 3 is 2.05 bits per heavy atom. The highest BCUT2D eigenvalue weighted by Gasteiger charge is 2.19. The molecule has 2 rings (SSSR count). The molecule has 0 aliphatic carbocycles. The van der Waals surface area contributed by atoms with Crippen LogP contribution in [0.15, 0.2) is 54.6 Å². The third kappa shape index (κ3) is 3.54. The predicted octanol–water partition coefficient (Wildman–Crippen LogP) is 1.56. The molecule has 5 heteroatoms. The third-order valence-corrected chi connectivity index (χ3v) is 2.77. The molecule has 0 aliphatic heterocycles. The van der Waals surface area contributed by atoms with Crippen LogP contribution in [0.5, 0.6) is 0 Å². The fourth-order valence-corrected chi connectivity index (χ4v) is 1.82. The number of primary amides is 1. The molecule has 0 unspecified atom stereocenters. The molecule has 0 saturated carbocycles. The predicted molar refractivity (Wildman–Crippen MR) is 75.8 cm³/mol. The van der Waals surface area contributed by atoms with Crippen molar-refractivity contribution < 1.29 is 19.1 Å². The van der Waals surface area contributed by atoms with Gasteiger partial charge in [-0.25, -0.2) is 4.79 Å². The highest BCUT2D eigenvalue weighted by molar-refractivity contribution is 6.14. The van der Waals surface area contributed by atoms with Crippen molar-refractivity contribution in [2.75, 3.05) is 6.61 Å². The quantitative estimate of drug-likeness (QED) is 0.666. The van der Waals surface area contributed by atoms with E-state index >= 15 is 0 Å². The Labute approximate surface area is 121 Å². The second-order valence-electron chi connectivity index (χ2n) is 4.28. The Kier molecular flexibility index (Phi) is 4.46. The van der Waals surface area contributed by atoms with Gasteiger partial charge in [0.15, 0.2) is 12.4 Å². The molecule has 0 atom stereocenters. The lowest BCUT2D eigenvalue weighted by Crippen LogP contribution is -2.22. The first-order chi connectivity index (χ1) is 10.1. The van der Waals surface area contributed by atoms with Crippen molar-refractivity contribution in [1.29, 1.82) is 0 Å². The van der Waals surface area contributed by atoms with E-state index in [2.05, 4.69) is 0 Å². The molecule has 106 valence electrons. The van der Waals surface area contributed by atoms with Crippen molar-refractivity contribution >= 4 is 17.7 Å². The van der Waals surface area contributed by atoms with Crippen LogP contribution in [-0.2, 0) is 9.53 Å². The van der Waals surface area contributed by atoms with Gasteiger partial charge in [-0.05, 0) is 6.07 Å². The molecular weight excluding hydrogens is 270 g/mol. The molecule has 2 N–H and O–H groups in total. The lowest BCUT2D eigenvalue weighted by atomic mass is 9.98. The smallest absolute Gasteiger partial charge is 0.339 e. The summed E-state index contributed by atoms with van der Waals surface area (Å²) >= 11 is 0. The van der Waals surface area contributed by atoms with Crippen LogP contribution in [0, 0.1) is 0 Å². The summed E-state index contributed by atoms with van der Waals surface area (Å²) in [6, 6.07) is 14.9. The summed E-state index contributed by atoms with van der Waals surface area (Å²) < 4.78 is 4.75. The van der Waals surface area contributed by atoms with Crippen LogP contribution in [0.25, 0.3) is 0 Å². The van der Waals surface area contributed by atoms with Gasteiger partial charge in [-0.3, -0.25) is 9.59 Å². The summed E-state index contributed by atoms with van der Waals surface area (Å²) in [4.78, 5) is 35.0. The summed E-state index contributed by atoms with van der Waals surface area (Å²) in [5.41, 5.74) is 5.71. The number of nitrogens with two attached hydrogens (primary N) is 1. The lowest BCUT2D eigenvalue weighted by Gasteiger charge is -2.08. The van der Waals surface area contributed by atoms with Crippen molar-refractivity contribution in [3.05, 3.63) is 71.3 Å². The summed E-state index contributed by atoms with van der Waals surface area (Å²) in [6.45, 7) is -0.521. The van der Waals surface area contributed by atoms with Crippen LogP contribution in [-0.4, -0.2) is 24.3 Å². The number of amides is 1. The van der Waals surface area contributed by atoms with Crippen molar-refractivity contribution in [3.8, 4) is 0 Å². The summed E-state index contributed by atoms with van der Waals surface area (Å²) in [7, 11) is 0. The topological polar surface area (TPSA) is 86.5 Å². The maximum Gasteiger partial charge on any atom is 0.339 e. The van der Waals surface area contributed by atoms with Crippen LogP contribution in [0.1, 0.15) is 26.3 Å². The van der Waals surface area contributed by atoms with Crippen LogP contribution < -0.4 is 5.73 Å². The van der Waals surface area contributed by atoms with Gasteiger partial charge < -0.3 is 10.5 Å². The van der Waals surface area contributed by atoms with Gasteiger partial charge in [-0.15, -0.1) is 0 Å². The molecule has 21 heavy (non-hydrogen) atoms. The Morgan fingerprint density at radius 2 is 1.43 bits per heavy atom. The number of carbonyl (C=O) groups is 3. The van der Waals surface area contributed by atoms with E-state index in [4.69, 9.17) is 10.5 Å².